The van der Waals surface area contributed by atoms with Crippen LogP contribution in [0.1, 0.15) is 13.3 Å². The van der Waals surface area contributed by atoms with Crippen molar-refractivity contribution in [3.8, 4) is 0 Å². The van der Waals surface area contributed by atoms with Gasteiger partial charge in [0.25, 0.3) is 0 Å². The fraction of sp³-hybridized carbons (Fsp3) is 0.571. The summed E-state index contributed by atoms with van der Waals surface area (Å²) >= 11 is 1.40. The van der Waals surface area contributed by atoms with Gasteiger partial charge in [-0.15, -0.1) is 0 Å². The first-order chi connectivity index (χ1) is 5.64. The van der Waals surface area contributed by atoms with E-state index in [1.807, 2.05) is 13.0 Å². The SMILES string of the molecule is COC(=O)C1(NN)CC=C(C)S1. The zero-order valence-corrected chi connectivity index (χ0v) is 7.90. The molecule has 1 heterocycles. The molecule has 0 aromatic rings. The molecule has 0 radical (unpaired) electrons. The second-order valence-electron chi connectivity index (χ2n) is 2.58. The van der Waals surface area contributed by atoms with Gasteiger partial charge < -0.3 is 4.74 Å². The van der Waals surface area contributed by atoms with E-state index in [-0.39, 0.29) is 5.97 Å². The Hall–Kier alpha value is -0.520. The molecule has 0 fully saturated rings. The number of carbonyl (C=O) groups excluding carboxylic acids is 1. The highest BCUT2D eigenvalue weighted by Gasteiger charge is 2.42. The largest absolute Gasteiger partial charge is 0.467 e. The van der Waals surface area contributed by atoms with Crippen LogP contribution in [0, 0.1) is 0 Å². The number of rotatable bonds is 2. The standard InChI is InChI=1S/C7H12N2O2S/c1-5-3-4-7(9-8,12-5)6(10)11-2/h3,9H,4,8H2,1-2H3. The maximum absolute atomic E-state index is 11.3. The molecule has 68 valence electrons. The van der Waals surface area contributed by atoms with E-state index in [9.17, 15) is 4.79 Å². The molecule has 1 rings (SSSR count). The average molecular weight is 188 g/mol. The average Bonchev–Trinajstić information content (AvgIpc) is 2.47. The van der Waals surface area contributed by atoms with Crippen molar-refractivity contribution in [2.75, 3.05) is 7.11 Å². The van der Waals surface area contributed by atoms with Gasteiger partial charge in [0.2, 0.25) is 0 Å². The van der Waals surface area contributed by atoms with Crippen molar-refractivity contribution in [3.05, 3.63) is 11.0 Å². The summed E-state index contributed by atoms with van der Waals surface area (Å²) in [6.07, 6.45) is 2.54. The van der Waals surface area contributed by atoms with Crippen molar-refractivity contribution in [1.82, 2.24) is 5.43 Å². The van der Waals surface area contributed by atoms with Crippen LogP contribution in [0.15, 0.2) is 11.0 Å². The van der Waals surface area contributed by atoms with Gasteiger partial charge in [-0.2, -0.15) is 0 Å². The molecule has 3 N–H and O–H groups in total. The number of esters is 1. The zero-order chi connectivity index (χ0) is 9.19. The highest BCUT2D eigenvalue weighted by molar-refractivity contribution is 8.05. The van der Waals surface area contributed by atoms with Crippen molar-refractivity contribution >= 4 is 17.7 Å². The zero-order valence-electron chi connectivity index (χ0n) is 7.09. The summed E-state index contributed by atoms with van der Waals surface area (Å²) in [5, 5.41) is 0. The maximum atomic E-state index is 11.3. The van der Waals surface area contributed by atoms with Crippen LogP contribution >= 0.6 is 11.8 Å². The van der Waals surface area contributed by atoms with E-state index in [0.29, 0.717) is 6.42 Å². The summed E-state index contributed by atoms with van der Waals surface area (Å²) in [5.74, 6) is 4.97. The Labute approximate surface area is 75.5 Å². The van der Waals surface area contributed by atoms with Gasteiger partial charge >= 0.3 is 5.97 Å². The van der Waals surface area contributed by atoms with Crippen LogP contribution in [0.3, 0.4) is 0 Å². The van der Waals surface area contributed by atoms with E-state index in [0.717, 1.165) is 4.91 Å². The van der Waals surface area contributed by atoms with E-state index in [1.54, 1.807) is 0 Å². The monoisotopic (exact) mass is 188 g/mol. The topological polar surface area (TPSA) is 64.3 Å². The quantitative estimate of drug-likeness (QED) is 0.372. The Kier molecular flexibility index (Phi) is 2.76. The highest BCUT2D eigenvalue weighted by Crippen LogP contribution is 2.39. The van der Waals surface area contributed by atoms with Crippen molar-refractivity contribution in [1.29, 1.82) is 0 Å². The van der Waals surface area contributed by atoms with Crippen molar-refractivity contribution < 1.29 is 9.53 Å². The molecule has 1 aliphatic rings. The van der Waals surface area contributed by atoms with Gasteiger partial charge in [-0.25, -0.2) is 10.2 Å². The number of hydrazine groups is 1. The maximum Gasteiger partial charge on any atom is 0.338 e. The molecule has 1 atom stereocenters. The minimum atomic E-state index is -0.793. The Morgan fingerprint density at radius 1 is 1.92 bits per heavy atom. The summed E-state index contributed by atoms with van der Waals surface area (Å²) in [6.45, 7) is 1.94. The lowest BCUT2D eigenvalue weighted by Gasteiger charge is -2.23. The van der Waals surface area contributed by atoms with Crippen molar-refractivity contribution in [3.63, 3.8) is 0 Å². The fourth-order valence-corrected chi connectivity index (χ4v) is 2.19. The second kappa shape index (κ2) is 3.47. The first-order valence-corrected chi connectivity index (χ1v) is 4.38. The minimum Gasteiger partial charge on any atom is -0.467 e. The predicted molar refractivity (Wildman–Crippen MR) is 48.0 cm³/mol. The lowest BCUT2D eigenvalue weighted by atomic mass is 10.2. The Bertz CT molecular complexity index is 229. The summed E-state index contributed by atoms with van der Waals surface area (Å²) < 4.78 is 4.64. The highest BCUT2D eigenvalue weighted by atomic mass is 32.2. The van der Waals surface area contributed by atoms with E-state index >= 15 is 0 Å². The van der Waals surface area contributed by atoms with Crippen molar-refractivity contribution in [2.24, 2.45) is 5.84 Å². The first-order valence-electron chi connectivity index (χ1n) is 3.56. The number of allylic oxidation sites excluding steroid dienone is 1. The first kappa shape index (κ1) is 9.57. The third-order valence-corrected chi connectivity index (χ3v) is 3.05. The lowest BCUT2D eigenvalue weighted by molar-refractivity contribution is -0.144. The van der Waals surface area contributed by atoms with Gasteiger partial charge in [0.15, 0.2) is 4.87 Å². The third-order valence-electron chi connectivity index (χ3n) is 1.76. The number of ether oxygens (including phenoxy) is 1. The number of hydrogen-bond donors (Lipinski definition) is 2. The summed E-state index contributed by atoms with van der Waals surface area (Å²) in [4.78, 5) is 11.6. The Morgan fingerprint density at radius 2 is 2.58 bits per heavy atom. The van der Waals surface area contributed by atoms with E-state index in [1.165, 1.54) is 18.9 Å². The molecule has 0 saturated heterocycles. The number of methoxy groups -OCH3 is 1. The normalized spacial score (nSPS) is 28.4. The molecule has 0 bridgehead atoms. The molecular weight excluding hydrogens is 176 g/mol. The number of carbonyl (C=O) groups is 1. The molecule has 0 aromatic carbocycles. The second-order valence-corrected chi connectivity index (χ2v) is 4.13. The van der Waals surface area contributed by atoms with Crippen LogP contribution in [0.5, 0.6) is 0 Å². The lowest BCUT2D eigenvalue weighted by Crippen LogP contribution is -2.51. The van der Waals surface area contributed by atoms with Crippen LogP contribution in [-0.4, -0.2) is 18.0 Å². The summed E-state index contributed by atoms with van der Waals surface area (Å²) in [5.41, 5.74) is 2.49. The van der Waals surface area contributed by atoms with Gasteiger partial charge in [0.05, 0.1) is 7.11 Å². The molecule has 5 heteroatoms. The Morgan fingerprint density at radius 3 is 2.92 bits per heavy atom. The van der Waals surface area contributed by atoms with Gasteiger partial charge in [-0.1, -0.05) is 17.8 Å². The fourth-order valence-electron chi connectivity index (χ4n) is 1.08. The van der Waals surface area contributed by atoms with Gasteiger partial charge in [0, 0.05) is 6.42 Å². The van der Waals surface area contributed by atoms with Crippen LogP contribution in [0.4, 0.5) is 0 Å². The van der Waals surface area contributed by atoms with Gasteiger partial charge in [-0.05, 0) is 11.8 Å². The Balaban J connectivity index is 2.74. The molecule has 12 heavy (non-hydrogen) atoms. The third kappa shape index (κ3) is 1.48. The van der Waals surface area contributed by atoms with Crippen LogP contribution < -0.4 is 11.3 Å². The minimum absolute atomic E-state index is 0.330. The molecule has 0 aliphatic carbocycles. The smallest absolute Gasteiger partial charge is 0.338 e. The van der Waals surface area contributed by atoms with Crippen molar-refractivity contribution in [2.45, 2.75) is 18.2 Å². The molecule has 0 spiro atoms. The molecule has 4 nitrogen and oxygen atoms in total. The molecular formula is C7H12N2O2S. The van der Waals surface area contributed by atoms with Crippen LogP contribution in [-0.2, 0) is 9.53 Å². The predicted octanol–water partition coefficient (Wildman–Crippen LogP) is 0.360. The number of nitrogens with two attached hydrogens (primary N) is 1. The van der Waals surface area contributed by atoms with Crippen LogP contribution in [0.2, 0.25) is 0 Å². The van der Waals surface area contributed by atoms with Crippen LogP contribution in [0.25, 0.3) is 0 Å². The summed E-state index contributed by atoms with van der Waals surface area (Å²) in [7, 11) is 1.36. The molecule has 1 unspecified atom stereocenters. The number of hydrogen-bond acceptors (Lipinski definition) is 5. The van der Waals surface area contributed by atoms with E-state index < -0.39 is 4.87 Å². The molecule has 0 amide bonds. The molecule has 0 saturated carbocycles. The van der Waals surface area contributed by atoms with Gasteiger partial charge in [-0.3, -0.25) is 5.84 Å². The molecule has 0 aromatic heterocycles. The number of thioether (sulfide) groups is 1. The van der Waals surface area contributed by atoms with E-state index in [2.05, 4.69) is 10.2 Å². The van der Waals surface area contributed by atoms with Gasteiger partial charge in [0.1, 0.15) is 0 Å². The number of nitrogens with one attached hydrogen (secondary N) is 1. The van der Waals surface area contributed by atoms with E-state index in [4.69, 9.17) is 5.84 Å². The summed E-state index contributed by atoms with van der Waals surface area (Å²) in [6, 6.07) is 0. The molecule has 1 aliphatic heterocycles.